The van der Waals surface area contributed by atoms with Crippen molar-refractivity contribution in [3.63, 3.8) is 0 Å². The van der Waals surface area contributed by atoms with E-state index in [1.165, 1.54) is 7.11 Å². The van der Waals surface area contributed by atoms with E-state index in [2.05, 4.69) is 15.4 Å². The molecule has 0 saturated carbocycles. The standard InChI is InChI=1S/C24H22N4O3/c1-16-7-9-17(10-8-16)23(29)25-19-11-13-20(14-12-19)28-22(26-24(27-28)31-3)18-5-4-6-21(15-18)30-2/h4-15H,1-3H3,(H,25,29). The minimum atomic E-state index is -0.160. The normalized spacial score (nSPS) is 10.5. The summed E-state index contributed by atoms with van der Waals surface area (Å²) >= 11 is 0. The molecule has 0 aliphatic heterocycles. The van der Waals surface area contributed by atoms with Gasteiger partial charge in [-0.3, -0.25) is 4.79 Å². The fourth-order valence-electron chi connectivity index (χ4n) is 3.10. The van der Waals surface area contributed by atoms with E-state index in [4.69, 9.17) is 9.47 Å². The zero-order valence-corrected chi connectivity index (χ0v) is 17.5. The highest BCUT2D eigenvalue weighted by atomic mass is 16.5. The first-order valence-electron chi connectivity index (χ1n) is 9.71. The lowest BCUT2D eigenvalue weighted by Crippen LogP contribution is -2.11. The van der Waals surface area contributed by atoms with E-state index in [1.54, 1.807) is 23.9 Å². The molecule has 0 spiro atoms. The highest BCUT2D eigenvalue weighted by molar-refractivity contribution is 6.04. The Bertz CT molecular complexity index is 1200. The molecular weight excluding hydrogens is 392 g/mol. The van der Waals surface area contributed by atoms with Crippen molar-refractivity contribution in [3.8, 4) is 28.8 Å². The molecule has 7 nitrogen and oxygen atoms in total. The van der Waals surface area contributed by atoms with E-state index in [0.717, 1.165) is 22.6 Å². The number of methoxy groups -OCH3 is 2. The van der Waals surface area contributed by atoms with Gasteiger partial charge in [0.15, 0.2) is 5.82 Å². The lowest BCUT2D eigenvalue weighted by atomic mass is 10.1. The average Bonchev–Trinajstić information content (AvgIpc) is 3.24. The molecule has 1 amide bonds. The van der Waals surface area contributed by atoms with Gasteiger partial charge in [0.1, 0.15) is 5.75 Å². The number of aromatic nitrogens is 3. The Kier molecular flexibility index (Phi) is 5.66. The summed E-state index contributed by atoms with van der Waals surface area (Å²) < 4.78 is 12.3. The molecule has 7 heteroatoms. The van der Waals surface area contributed by atoms with Crippen LogP contribution in [0.15, 0.2) is 72.8 Å². The van der Waals surface area contributed by atoms with Crippen molar-refractivity contribution in [2.24, 2.45) is 0 Å². The van der Waals surface area contributed by atoms with Gasteiger partial charge in [0, 0.05) is 16.8 Å². The van der Waals surface area contributed by atoms with Gasteiger partial charge in [0.25, 0.3) is 5.91 Å². The van der Waals surface area contributed by atoms with Gasteiger partial charge in [0.05, 0.1) is 19.9 Å². The number of carbonyl (C=O) groups is 1. The van der Waals surface area contributed by atoms with Gasteiger partial charge in [-0.15, -0.1) is 5.10 Å². The molecule has 0 bridgehead atoms. The summed E-state index contributed by atoms with van der Waals surface area (Å²) in [5.74, 6) is 1.18. The molecule has 4 rings (SSSR count). The highest BCUT2D eigenvalue weighted by Gasteiger charge is 2.15. The van der Waals surface area contributed by atoms with Crippen LogP contribution in [0.25, 0.3) is 17.1 Å². The second-order valence-corrected chi connectivity index (χ2v) is 6.93. The topological polar surface area (TPSA) is 78.3 Å². The van der Waals surface area contributed by atoms with E-state index >= 15 is 0 Å². The third-order valence-electron chi connectivity index (χ3n) is 4.78. The van der Waals surface area contributed by atoms with Gasteiger partial charge in [0.2, 0.25) is 0 Å². The molecule has 31 heavy (non-hydrogen) atoms. The Morgan fingerprint density at radius 3 is 2.35 bits per heavy atom. The number of rotatable bonds is 6. The fraction of sp³-hybridized carbons (Fsp3) is 0.125. The summed E-state index contributed by atoms with van der Waals surface area (Å²) in [6.07, 6.45) is 0. The Morgan fingerprint density at radius 1 is 0.935 bits per heavy atom. The first-order chi connectivity index (χ1) is 15.1. The number of benzene rings is 3. The summed E-state index contributed by atoms with van der Waals surface area (Å²) in [6, 6.07) is 22.6. The number of ether oxygens (including phenoxy) is 2. The third kappa shape index (κ3) is 4.40. The van der Waals surface area contributed by atoms with Crippen molar-refractivity contribution in [2.75, 3.05) is 19.5 Å². The number of aryl methyl sites for hydroxylation is 1. The third-order valence-corrected chi connectivity index (χ3v) is 4.78. The van der Waals surface area contributed by atoms with Crippen LogP contribution < -0.4 is 14.8 Å². The second kappa shape index (κ2) is 8.71. The van der Waals surface area contributed by atoms with Gasteiger partial charge in [-0.05, 0) is 55.5 Å². The summed E-state index contributed by atoms with van der Waals surface area (Å²) in [5, 5.41) is 7.34. The molecule has 4 aromatic rings. The predicted molar refractivity (Wildman–Crippen MR) is 119 cm³/mol. The van der Waals surface area contributed by atoms with Crippen LogP contribution in [0, 0.1) is 6.92 Å². The molecule has 0 radical (unpaired) electrons. The van der Waals surface area contributed by atoms with Crippen molar-refractivity contribution in [1.82, 2.24) is 14.8 Å². The van der Waals surface area contributed by atoms with Crippen LogP contribution in [0.5, 0.6) is 11.8 Å². The van der Waals surface area contributed by atoms with Crippen LogP contribution in [0.3, 0.4) is 0 Å². The van der Waals surface area contributed by atoms with E-state index < -0.39 is 0 Å². The molecule has 1 heterocycles. The van der Waals surface area contributed by atoms with Crippen molar-refractivity contribution in [3.05, 3.63) is 83.9 Å². The molecule has 0 aliphatic rings. The van der Waals surface area contributed by atoms with Crippen LogP contribution >= 0.6 is 0 Å². The average molecular weight is 414 g/mol. The monoisotopic (exact) mass is 414 g/mol. The molecule has 0 unspecified atom stereocenters. The number of nitrogens with zero attached hydrogens (tertiary/aromatic N) is 3. The molecule has 0 atom stereocenters. The summed E-state index contributed by atoms with van der Waals surface area (Å²) in [7, 11) is 3.15. The molecule has 156 valence electrons. The summed E-state index contributed by atoms with van der Waals surface area (Å²) in [5.41, 5.74) is 4.02. The molecule has 1 N–H and O–H groups in total. The van der Waals surface area contributed by atoms with Crippen LogP contribution in [-0.4, -0.2) is 34.9 Å². The lowest BCUT2D eigenvalue weighted by Gasteiger charge is -2.09. The highest BCUT2D eigenvalue weighted by Crippen LogP contribution is 2.27. The minimum Gasteiger partial charge on any atom is -0.497 e. The van der Waals surface area contributed by atoms with E-state index in [0.29, 0.717) is 17.1 Å². The zero-order chi connectivity index (χ0) is 21.8. The molecule has 0 saturated heterocycles. The van der Waals surface area contributed by atoms with Gasteiger partial charge in [-0.25, -0.2) is 4.68 Å². The van der Waals surface area contributed by atoms with Gasteiger partial charge < -0.3 is 14.8 Å². The van der Waals surface area contributed by atoms with Crippen LogP contribution in [0.2, 0.25) is 0 Å². The maximum atomic E-state index is 12.5. The first kappa shape index (κ1) is 20.2. The van der Waals surface area contributed by atoms with Crippen molar-refractivity contribution < 1.29 is 14.3 Å². The van der Waals surface area contributed by atoms with Gasteiger partial charge in [-0.1, -0.05) is 29.8 Å². The van der Waals surface area contributed by atoms with Gasteiger partial charge >= 0.3 is 6.01 Å². The van der Waals surface area contributed by atoms with Crippen LogP contribution in [-0.2, 0) is 0 Å². The zero-order valence-electron chi connectivity index (χ0n) is 17.5. The van der Waals surface area contributed by atoms with E-state index in [-0.39, 0.29) is 11.9 Å². The van der Waals surface area contributed by atoms with Crippen molar-refractivity contribution in [2.45, 2.75) is 6.92 Å². The molecule has 0 fully saturated rings. The Labute approximate surface area is 180 Å². The van der Waals surface area contributed by atoms with Gasteiger partial charge in [-0.2, -0.15) is 4.98 Å². The fourth-order valence-corrected chi connectivity index (χ4v) is 3.10. The van der Waals surface area contributed by atoms with Crippen molar-refractivity contribution >= 4 is 11.6 Å². The largest absolute Gasteiger partial charge is 0.497 e. The number of anilines is 1. The molecule has 0 aliphatic carbocycles. The Balaban J connectivity index is 1.61. The van der Waals surface area contributed by atoms with Crippen molar-refractivity contribution in [1.29, 1.82) is 0 Å². The molecule has 1 aromatic heterocycles. The minimum absolute atomic E-state index is 0.160. The predicted octanol–water partition coefficient (Wildman–Crippen LogP) is 4.51. The Hall–Kier alpha value is -4.13. The SMILES string of the molecule is COc1cccc(-c2nc(OC)nn2-c2ccc(NC(=O)c3ccc(C)cc3)cc2)c1. The Morgan fingerprint density at radius 2 is 1.68 bits per heavy atom. The number of carbonyl (C=O) groups excluding carboxylic acids is 1. The smallest absolute Gasteiger partial charge is 0.336 e. The maximum Gasteiger partial charge on any atom is 0.336 e. The lowest BCUT2D eigenvalue weighted by molar-refractivity contribution is 0.102. The molecular formula is C24H22N4O3. The summed E-state index contributed by atoms with van der Waals surface area (Å²) in [4.78, 5) is 16.9. The van der Waals surface area contributed by atoms with Crippen LogP contribution in [0.1, 0.15) is 15.9 Å². The second-order valence-electron chi connectivity index (χ2n) is 6.93. The van der Waals surface area contributed by atoms with Crippen LogP contribution in [0.4, 0.5) is 5.69 Å². The summed E-state index contributed by atoms with van der Waals surface area (Å²) in [6.45, 7) is 1.99. The maximum absolute atomic E-state index is 12.5. The number of amides is 1. The number of nitrogens with one attached hydrogen (secondary N) is 1. The first-order valence-corrected chi connectivity index (χ1v) is 9.71. The van der Waals surface area contributed by atoms with E-state index in [1.807, 2.05) is 67.6 Å². The van der Waals surface area contributed by atoms with E-state index in [9.17, 15) is 4.79 Å². The quantitative estimate of drug-likeness (QED) is 0.502. The number of hydrogen-bond acceptors (Lipinski definition) is 5. The molecule has 3 aromatic carbocycles. The number of hydrogen-bond donors (Lipinski definition) is 1.